The third-order valence-electron chi connectivity index (χ3n) is 4.49. The van der Waals surface area contributed by atoms with E-state index in [1.807, 2.05) is 60.7 Å². The Morgan fingerprint density at radius 3 is 1.89 bits per heavy atom. The second-order valence-electron chi connectivity index (χ2n) is 6.56. The Morgan fingerprint density at radius 2 is 1.36 bits per heavy atom. The minimum absolute atomic E-state index is 0.0622. The van der Waals surface area contributed by atoms with Gasteiger partial charge in [-0.3, -0.25) is 0 Å². The predicted octanol–water partition coefficient (Wildman–Crippen LogP) is 3.17. The van der Waals surface area contributed by atoms with Crippen molar-refractivity contribution < 1.29 is 28.8 Å². The summed E-state index contributed by atoms with van der Waals surface area (Å²) in [5.41, 5.74) is 1.96. The summed E-state index contributed by atoms with van der Waals surface area (Å²) < 4.78 is 21.9. The summed E-state index contributed by atoms with van der Waals surface area (Å²) in [6.45, 7) is 1.28. The lowest BCUT2D eigenvalue weighted by Gasteiger charge is -2.29. The molecule has 2 aliphatic heterocycles. The van der Waals surface area contributed by atoms with E-state index in [0.29, 0.717) is 19.6 Å². The highest BCUT2D eigenvalue weighted by Gasteiger charge is 2.24. The molecule has 1 N–H and O–H groups in total. The van der Waals surface area contributed by atoms with Crippen LogP contribution in [0.25, 0.3) is 0 Å². The molecular weight excluding hydrogens is 360 g/mol. The molecule has 2 aromatic carbocycles. The van der Waals surface area contributed by atoms with Crippen LogP contribution < -0.4 is 0 Å². The van der Waals surface area contributed by atoms with Gasteiger partial charge in [0, 0.05) is 17.5 Å². The molecule has 4 rings (SSSR count). The van der Waals surface area contributed by atoms with Gasteiger partial charge in [-0.1, -0.05) is 60.7 Å². The van der Waals surface area contributed by atoms with Crippen LogP contribution in [0.15, 0.2) is 60.7 Å². The fourth-order valence-electron chi connectivity index (χ4n) is 2.95. The molecule has 4 atom stereocenters. The van der Waals surface area contributed by atoms with Crippen molar-refractivity contribution in [1.29, 1.82) is 0 Å². The highest BCUT2D eigenvalue weighted by molar-refractivity contribution is 5.56. The average molecular weight is 386 g/mol. The molecule has 2 aliphatic rings. The Labute approximate surface area is 165 Å². The first-order valence-corrected chi connectivity index (χ1v) is 9.50. The van der Waals surface area contributed by atoms with E-state index in [-0.39, 0.29) is 31.4 Å². The second-order valence-corrected chi connectivity index (χ2v) is 6.56. The maximum atomic E-state index is 10.6. The van der Waals surface area contributed by atoms with E-state index in [2.05, 4.69) is 0 Å². The van der Waals surface area contributed by atoms with Gasteiger partial charge in [-0.15, -0.1) is 0 Å². The molecule has 0 spiro atoms. The van der Waals surface area contributed by atoms with Crippen molar-refractivity contribution in [1.82, 2.24) is 0 Å². The SMILES string of the molecule is O=C[C@H]1CCOC(c2ccccc2)O1.OC[C@H]1CCOC(c2ccccc2)O1. The topological polar surface area (TPSA) is 74.2 Å². The lowest BCUT2D eigenvalue weighted by molar-refractivity contribution is -0.224. The normalized spacial score (nSPS) is 27.3. The molecule has 6 nitrogen and oxygen atoms in total. The van der Waals surface area contributed by atoms with Gasteiger partial charge < -0.3 is 28.8 Å². The summed E-state index contributed by atoms with van der Waals surface area (Å²) in [5.74, 6) is 0. The molecular formula is C22H26O6. The number of aliphatic hydroxyl groups excluding tert-OH is 1. The monoisotopic (exact) mass is 386 g/mol. The Hall–Kier alpha value is -2.09. The van der Waals surface area contributed by atoms with Crippen LogP contribution in [0.3, 0.4) is 0 Å². The molecule has 0 aromatic heterocycles. The van der Waals surface area contributed by atoms with Gasteiger partial charge in [0.25, 0.3) is 0 Å². The van der Waals surface area contributed by atoms with Crippen molar-refractivity contribution in [2.24, 2.45) is 0 Å². The Bertz CT molecular complexity index is 693. The summed E-state index contributed by atoms with van der Waals surface area (Å²) >= 11 is 0. The molecule has 6 heteroatoms. The number of hydrogen-bond acceptors (Lipinski definition) is 6. The molecule has 2 aromatic rings. The van der Waals surface area contributed by atoms with Crippen molar-refractivity contribution in [3.8, 4) is 0 Å². The average Bonchev–Trinajstić information content (AvgIpc) is 2.81. The number of hydrogen-bond donors (Lipinski definition) is 1. The lowest BCUT2D eigenvalue weighted by Crippen LogP contribution is -2.29. The highest BCUT2D eigenvalue weighted by Crippen LogP contribution is 2.26. The highest BCUT2D eigenvalue weighted by atomic mass is 16.7. The van der Waals surface area contributed by atoms with Gasteiger partial charge in [0.15, 0.2) is 12.6 Å². The van der Waals surface area contributed by atoms with E-state index >= 15 is 0 Å². The van der Waals surface area contributed by atoms with Crippen LogP contribution in [-0.2, 0) is 23.7 Å². The van der Waals surface area contributed by atoms with Gasteiger partial charge in [0.05, 0.1) is 25.9 Å². The molecule has 2 unspecified atom stereocenters. The van der Waals surface area contributed by atoms with E-state index < -0.39 is 0 Å². The number of aldehydes is 1. The largest absolute Gasteiger partial charge is 0.394 e. The van der Waals surface area contributed by atoms with Gasteiger partial charge in [-0.05, 0) is 6.42 Å². The van der Waals surface area contributed by atoms with Crippen LogP contribution in [0.1, 0.15) is 36.5 Å². The van der Waals surface area contributed by atoms with Gasteiger partial charge >= 0.3 is 0 Å². The number of carbonyl (C=O) groups is 1. The predicted molar refractivity (Wildman–Crippen MR) is 102 cm³/mol. The van der Waals surface area contributed by atoms with E-state index in [4.69, 9.17) is 24.1 Å². The maximum absolute atomic E-state index is 10.6. The molecule has 2 fully saturated rings. The number of ether oxygens (including phenoxy) is 4. The minimum Gasteiger partial charge on any atom is -0.394 e. The fourth-order valence-corrected chi connectivity index (χ4v) is 2.95. The smallest absolute Gasteiger partial charge is 0.184 e. The molecule has 0 amide bonds. The third kappa shape index (κ3) is 5.95. The third-order valence-corrected chi connectivity index (χ3v) is 4.49. The zero-order chi connectivity index (χ0) is 19.6. The van der Waals surface area contributed by atoms with E-state index in [9.17, 15) is 4.79 Å². The van der Waals surface area contributed by atoms with E-state index in [1.165, 1.54) is 0 Å². The maximum Gasteiger partial charge on any atom is 0.184 e. The zero-order valence-corrected chi connectivity index (χ0v) is 15.7. The van der Waals surface area contributed by atoms with E-state index in [0.717, 1.165) is 23.8 Å². The molecule has 0 bridgehead atoms. The Kier molecular flexibility index (Phi) is 8.14. The van der Waals surface area contributed by atoms with Crippen LogP contribution in [0.5, 0.6) is 0 Å². The number of benzene rings is 2. The number of carbonyl (C=O) groups excluding carboxylic acids is 1. The first-order chi connectivity index (χ1) is 13.8. The van der Waals surface area contributed by atoms with Crippen LogP contribution >= 0.6 is 0 Å². The summed E-state index contributed by atoms with van der Waals surface area (Å²) in [6, 6.07) is 19.4. The van der Waals surface area contributed by atoms with Crippen LogP contribution in [0.4, 0.5) is 0 Å². The van der Waals surface area contributed by atoms with Gasteiger partial charge in [0.1, 0.15) is 12.4 Å². The quantitative estimate of drug-likeness (QED) is 0.814. The standard InChI is InChI=1S/C11H14O3.C11H12O3/c2*12-8-10-6-7-13-11(14-10)9-4-2-1-3-5-9/h1-5,10-12H,6-8H2;1-5,8,10-11H,6-7H2/t2*10-,11?/m11/s1. The van der Waals surface area contributed by atoms with Gasteiger partial charge in [-0.2, -0.15) is 0 Å². The van der Waals surface area contributed by atoms with Crippen LogP contribution in [0, 0.1) is 0 Å². The minimum atomic E-state index is -0.389. The molecule has 0 saturated carbocycles. The first-order valence-electron chi connectivity index (χ1n) is 9.50. The van der Waals surface area contributed by atoms with Crippen molar-refractivity contribution in [3.05, 3.63) is 71.8 Å². The molecule has 0 radical (unpaired) electrons. The van der Waals surface area contributed by atoms with Crippen LogP contribution in [0.2, 0.25) is 0 Å². The number of rotatable bonds is 4. The number of aliphatic hydroxyl groups is 1. The summed E-state index contributed by atoms with van der Waals surface area (Å²) in [5, 5.41) is 8.98. The van der Waals surface area contributed by atoms with Gasteiger partial charge in [-0.25, -0.2) is 0 Å². The molecule has 28 heavy (non-hydrogen) atoms. The summed E-state index contributed by atoms with van der Waals surface area (Å²) in [6.07, 6.45) is 1.12. The summed E-state index contributed by atoms with van der Waals surface area (Å²) in [7, 11) is 0. The second kappa shape index (κ2) is 11.0. The Morgan fingerprint density at radius 1 is 0.821 bits per heavy atom. The molecule has 2 heterocycles. The van der Waals surface area contributed by atoms with Crippen molar-refractivity contribution >= 4 is 6.29 Å². The molecule has 0 aliphatic carbocycles. The van der Waals surface area contributed by atoms with Crippen molar-refractivity contribution in [3.63, 3.8) is 0 Å². The lowest BCUT2D eigenvalue weighted by atomic mass is 10.2. The molecule has 2 saturated heterocycles. The van der Waals surface area contributed by atoms with Crippen molar-refractivity contribution in [2.75, 3.05) is 19.8 Å². The summed E-state index contributed by atoms with van der Waals surface area (Å²) in [4.78, 5) is 10.6. The van der Waals surface area contributed by atoms with Crippen molar-refractivity contribution in [2.45, 2.75) is 37.6 Å². The van der Waals surface area contributed by atoms with E-state index in [1.54, 1.807) is 0 Å². The molecule has 150 valence electrons. The Balaban J connectivity index is 0.000000161. The fraction of sp³-hybridized carbons (Fsp3) is 0.409. The van der Waals surface area contributed by atoms with Gasteiger partial charge in [0.2, 0.25) is 0 Å². The first kappa shape index (κ1) is 20.6. The van der Waals surface area contributed by atoms with Crippen LogP contribution in [-0.4, -0.2) is 43.4 Å². The zero-order valence-electron chi connectivity index (χ0n) is 15.7.